The van der Waals surface area contributed by atoms with Crippen molar-refractivity contribution in [2.45, 2.75) is 70.8 Å². The number of rotatable bonds is 16. The summed E-state index contributed by atoms with van der Waals surface area (Å²) in [5.41, 5.74) is 0. The first kappa shape index (κ1) is 23.8. The van der Waals surface area contributed by atoms with E-state index in [0.29, 0.717) is 6.42 Å². The zero-order valence-electron chi connectivity index (χ0n) is 15.9. The van der Waals surface area contributed by atoms with Crippen LogP contribution in [0.25, 0.3) is 0 Å². The molecule has 0 spiro atoms. The van der Waals surface area contributed by atoms with Crippen molar-refractivity contribution in [1.29, 1.82) is 0 Å². The first-order chi connectivity index (χ1) is 12.7. The smallest absolute Gasteiger partial charge is 0.278 e. The third kappa shape index (κ3) is 16.6. The number of allylic oxidation sites excluding steroid dienone is 10. The van der Waals surface area contributed by atoms with Crippen molar-refractivity contribution in [3.63, 3.8) is 0 Å². The predicted octanol–water partition coefficient (Wildman–Crippen LogP) is 6.05. The van der Waals surface area contributed by atoms with Gasteiger partial charge >= 0.3 is 0 Å². The second kappa shape index (κ2) is 19.1. The van der Waals surface area contributed by atoms with Crippen molar-refractivity contribution in [1.82, 2.24) is 0 Å². The molecule has 4 heteroatoms. The Morgan fingerprint density at radius 2 is 1.27 bits per heavy atom. The minimum Gasteiger partial charge on any atom is -0.283 e. The van der Waals surface area contributed by atoms with E-state index in [0.717, 1.165) is 44.9 Å². The van der Waals surface area contributed by atoms with Crippen LogP contribution in [0.1, 0.15) is 64.7 Å². The lowest BCUT2D eigenvalue weighted by Gasteiger charge is -1.99. The van der Waals surface area contributed by atoms with Crippen molar-refractivity contribution in [2.24, 2.45) is 0 Å². The monoisotopic (exact) mass is 358 g/mol. The fraction of sp³-hybridized carbons (Fsp3) is 0.500. The molecule has 0 amide bonds. The van der Waals surface area contributed by atoms with Crippen LogP contribution < -0.4 is 0 Å². The molecule has 0 bridgehead atoms. The SMILES string of the molecule is CC/C=C/C/C=C/C/C=C/C/C=C/C/C=C/CCCCC([C]=O)[N+](=O)[O-]. The molecule has 0 saturated heterocycles. The third-order valence-electron chi connectivity index (χ3n) is 3.65. The highest BCUT2D eigenvalue weighted by atomic mass is 16.6. The van der Waals surface area contributed by atoms with Crippen LogP contribution in [-0.4, -0.2) is 17.3 Å². The van der Waals surface area contributed by atoms with E-state index < -0.39 is 11.0 Å². The summed E-state index contributed by atoms with van der Waals surface area (Å²) in [4.78, 5) is 20.2. The number of nitro groups is 1. The van der Waals surface area contributed by atoms with Gasteiger partial charge in [-0.3, -0.25) is 14.9 Å². The van der Waals surface area contributed by atoms with E-state index in [9.17, 15) is 14.9 Å². The molecule has 26 heavy (non-hydrogen) atoms. The Bertz CT molecular complexity index is 502. The first-order valence-corrected chi connectivity index (χ1v) is 9.48. The van der Waals surface area contributed by atoms with Gasteiger partial charge in [-0.1, -0.05) is 67.7 Å². The molecule has 0 aromatic carbocycles. The number of hydrogen-bond acceptors (Lipinski definition) is 3. The fourth-order valence-electron chi connectivity index (χ4n) is 2.18. The molecular formula is C22H32NO3. The summed E-state index contributed by atoms with van der Waals surface area (Å²) in [6.07, 6.45) is 30.7. The van der Waals surface area contributed by atoms with Gasteiger partial charge in [-0.2, -0.15) is 0 Å². The Balaban J connectivity index is 3.55. The summed E-state index contributed by atoms with van der Waals surface area (Å²) in [6.45, 7) is 2.14. The Kier molecular flexibility index (Phi) is 17.5. The Morgan fingerprint density at radius 1 is 0.808 bits per heavy atom. The maximum absolute atomic E-state index is 10.5. The molecule has 0 aliphatic heterocycles. The highest BCUT2D eigenvalue weighted by Gasteiger charge is 2.18. The number of hydrogen-bond donors (Lipinski definition) is 0. The van der Waals surface area contributed by atoms with Gasteiger partial charge in [0, 0.05) is 11.3 Å². The molecular weight excluding hydrogens is 326 g/mol. The van der Waals surface area contributed by atoms with E-state index in [1.165, 1.54) is 6.29 Å². The topological polar surface area (TPSA) is 60.2 Å². The van der Waals surface area contributed by atoms with E-state index in [1.54, 1.807) is 0 Å². The van der Waals surface area contributed by atoms with Gasteiger partial charge in [-0.15, -0.1) is 0 Å². The van der Waals surface area contributed by atoms with Crippen LogP contribution in [0.3, 0.4) is 0 Å². The molecule has 1 radical (unpaired) electrons. The quantitative estimate of drug-likeness (QED) is 0.146. The molecule has 0 aromatic rings. The van der Waals surface area contributed by atoms with Crippen LogP contribution in [-0.2, 0) is 4.79 Å². The van der Waals surface area contributed by atoms with Gasteiger partial charge in [0.25, 0.3) is 12.3 Å². The predicted molar refractivity (Wildman–Crippen MR) is 109 cm³/mol. The highest BCUT2D eigenvalue weighted by molar-refractivity contribution is 5.56. The van der Waals surface area contributed by atoms with Gasteiger partial charge in [-0.05, 0) is 51.4 Å². The normalized spacial score (nSPS) is 13.7. The second-order valence-corrected chi connectivity index (χ2v) is 5.91. The van der Waals surface area contributed by atoms with Crippen molar-refractivity contribution in [3.8, 4) is 0 Å². The number of unbranched alkanes of at least 4 members (excludes halogenated alkanes) is 2. The fourth-order valence-corrected chi connectivity index (χ4v) is 2.18. The van der Waals surface area contributed by atoms with Crippen LogP contribution in [0, 0.1) is 10.1 Å². The first-order valence-electron chi connectivity index (χ1n) is 9.48. The molecule has 0 aliphatic rings. The lowest BCUT2D eigenvalue weighted by Crippen LogP contribution is -2.20. The van der Waals surface area contributed by atoms with Gasteiger partial charge in [0.05, 0.1) is 0 Å². The lowest BCUT2D eigenvalue weighted by molar-refractivity contribution is -0.503. The summed E-state index contributed by atoms with van der Waals surface area (Å²) in [6, 6.07) is -1.16. The number of carbonyl (C=O) groups excluding carboxylic acids is 1. The second-order valence-electron chi connectivity index (χ2n) is 5.91. The van der Waals surface area contributed by atoms with E-state index in [-0.39, 0.29) is 6.42 Å². The number of nitrogens with zero attached hydrogens (tertiary/aromatic N) is 1. The minimum atomic E-state index is -1.16. The van der Waals surface area contributed by atoms with Crippen LogP contribution >= 0.6 is 0 Å². The van der Waals surface area contributed by atoms with Crippen molar-refractivity contribution in [3.05, 3.63) is 70.9 Å². The van der Waals surface area contributed by atoms with E-state index in [2.05, 4.69) is 67.7 Å². The summed E-state index contributed by atoms with van der Waals surface area (Å²) >= 11 is 0. The van der Waals surface area contributed by atoms with E-state index >= 15 is 0 Å². The van der Waals surface area contributed by atoms with Gasteiger partial charge in [-0.25, -0.2) is 0 Å². The standard InChI is InChI=1S/C22H32NO3/c1-2-3-4-5-6-7-8-9-10-11-12-13-14-15-16-17-18-19-20-22(21-24)23(25)26/h3-4,6-7,9-10,12-13,15-16,22H,2,5,8,11,14,17-20H2,1H3/b4-3+,7-6+,10-9+,13-12+,16-15+. The van der Waals surface area contributed by atoms with Crippen molar-refractivity contribution in [2.75, 3.05) is 0 Å². The molecule has 0 N–H and O–H groups in total. The van der Waals surface area contributed by atoms with Gasteiger partial charge in [0.1, 0.15) is 0 Å². The van der Waals surface area contributed by atoms with Crippen molar-refractivity contribution >= 4 is 6.29 Å². The van der Waals surface area contributed by atoms with Crippen LogP contribution in [0.15, 0.2) is 60.8 Å². The zero-order valence-corrected chi connectivity index (χ0v) is 15.9. The maximum atomic E-state index is 10.5. The van der Waals surface area contributed by atoms with Gasteiger partial charge < -0.3 is 0 Å². The summed E-state index contributed by atoms with van der Waals surface area (Å²) in [7, 11) is 0. The third-order valence-corrected chi connectivity index (χ3v) is 3.65. The molecule has 0 aromatic heterocycles. The average Bonchev–Trinajstić information content (AvgIpc) is 2.63. The Labute approximate surface area is 158 Å². The maximum Gasteiger partial charge on any atom is 0.278 e. The largest absolute Gasteiger partial charge is 0.283 e. The van der Waals surface area contributed by atoms with Crippen LogP contribution in [0.2, 0.25) is 0 Å². The Hall–Kier alpha value is -2.23. The minimum absolute atomic E-state index is 0.279. The van der Waals surface area contributed by atoms with Crippen molar-refractivity contribution < 1.29 is 9.72 Å². The Morgan fingerprint density at radius 3 is 1.69 bits per heavy atom. The lowest BCUT2D eigenvalue weighted by atomic mass is 10.1. The average molecular weight is 359 g/mol. The molecule has 0 heterocycles. The molecule has 0 fully saturated rings. The molecule has 1 atom stereocenters. The van der Waals surface area contributed by atoms with Crippen LogP contribution in [0.4, 0.5) is 0 Å². The van der Waals surface area contributed by atoms with Gasteiger partial charge in [0.15, 0.2) is 0 Å². The summed E-state index contributed by atoms with van der Waals surface area (Å²) < 4.78 is 0. The zero-order chi connectivity index (χ0) is 19.3. The summed E-state index contributed by atoms with van der Waals surface area (Å²) in [5, 5.41) is 10.5. The van der Waals surface area contributed by atoms with E-state index in [1.807, 2.05) is 0 Å². The highest BCUT2D eigenvalue weighted by Crippen LogP contribution is 2.06. The van der Waals surface area contributed by atoms with Crippen LogP contribution in [0.5, 0.6) is 0 Å². The summed E-state index contributed by atoms with van der Waals surface area (Å²) in [5.74, 6) is 0. The molecule has 1 unspecified atom stereocenters. The van der Waals surface area contributed by atoms with Gasteiger partial charge in [0.2, 0.25) is 0 Å². The molecule has 0 rings (SSSR count). The molecule has 4 nitrogen and oxygen atoms in total. The van der Waals surface area contributed by atoms with E-state index in [4.69, 9.17) is 0 Å². The molecule has 0 saturated carbocycles. The molecule has 0 aliphatic carbocycles. The molecule has 143 valence electrons.